The van der Waals surface area contributed by atoms with Crippen LogP contribution in [-0.4, -0.2) is 11.6 Å². The van der Waals surface area contributed by atoms with E-state index in [4.69, 9.17) is 46.8 Å². The lowest BCUT2D eigenvalue weighted by molar-refractivity contribution is 0.0979. The molecule has 0 saturated heterocycles. The first-order valence-electron chi connectivity index (χ1n) is 10.2. The Balaban J connectivity index is 1.81. The Kier molecular flexibility index (Phi) is 6.00. The number of para-hydroxylation sites is 2. The lowest BCUT2D eigenvalue weighted by Gasteiger charge is -2.30. The topological polar surface area (TPSA) is 40.6 Å². The van der Waals surface area contributed by atoms with Gasteiger partial charge in [0.15, 0.2) is 11.6 Å². The highest BCUT2D eigenvalue weighted by Crippen LogP contribution is 2.48. The minimum Gasteiger partial charge on any atom is -0.289 e. The molecule has 4 aromatic carbocycles. The van der Waals surface area contributed by atoms with Crippen LogP contribution in [0.4, 0.5) is 22.7 Å². The summed E-state index contributed by atoms with van der Waals surface area (Å²) in [5.41, 5.74) is 2.46. The maximum atomic E-state index is 13.7. The Bertz CT molecular complexity index is 1470. The van der Waals surface area contributed by atoms with Crippen molar-refractivity contribution in [3.63, 3.8) is 0 Å². The molecule has 0 aromatic heterocycles. The van der Waals surface area contributed by atoms with Crippen LogP contribution in [0.3, 0.4) is 0 Å². The number of nitrogens with zero attached hydrogens (tertiary/aromatic N) is 2. The summed E-state index contributed by atoms with van der Waals surface area (Å²) in [6.45, 7) is 0. The molecule has 0 spiro atoms. The van der Waals surface area contributed by atoms with Crippen molar-refractivity contribution in [1.29, 1.82) is 0 Å². The number of ketones is 2. The number of anilines is 4. The van der Waals surface area contributed by atoms with Gasteiger partial charge in [0.25, 0.3) is 0 Å². The van der Waals surface area contributed by atoms with Gasteiger partial charge < -0.3 is 0 Å². The van der Waals surface area contributed by atoms with Crippen LogP contribution >= 0.6 is 46.8 Å². The van der Waals surface area contributed by atoms with Gasteiger partial charge in [-0.25, -0.2) is 8.84 Å². The second-order valence-electron chi connectivity index (χ2n) is 7.52. The number of carbonyl (C=O) groups excluding carboxylic acids is 2. The minimum atomic E-state index is -0.344. The third-order valence-corrected chi connectivity index (χ3v) is 6.93. The van der Waals surface area contributed by atoms with E-state index in [2.05, 4.69) is 0 Å². The van der Waals surface area contributed by atoms with E-state index in [1.54, 1.807) is 84.9 Å². The molecule has 0 aliphatic heterocycles. The third-order valence-electron chi connectivity index (χ3n) is 5.58. The summed E-state index contributed by atoms with van der Waals surface area (Å²) in [6, 6.07) is 23.8. The summed E-state index contributed by atoms with van der Waals surface area (Å²) >= 11 is 26.4. The highest BCUT2D eigenvalue weighted by Gasteiger charge is 2.36. The molecule has 1 aliphatic rings. The van der Waals surface area contributed by atoms with Gasteiger partial charge in [-0.15, -0.1) is 0 Å². The van der Waals surface area contributed by atoms with Crippen molar-refractivity contribution >= 4 is 81.1 Å². The Hall–Kier alpha value is -3.02. The summed E-state index contributed by atoms with van der Waals surface area (Å²) in [4.78, 5) is 27.0. The SMILES string of the molecule is O=C1c2ccccc2C(=O)c2c1ccc(N(Cl)c1ccccc1Cl)c2N(Cl)c1ccccc1Cl. The maximum absolute atomic E-state index is 13.7. The highest BCUT2D eigenvalue weighted by molar-refractivity contribution is 6.42. The zero-order chi connectivity index (χ0) is 24.0. The van der Waals surface area contributed by atoms with Gasteiger partial charge in [-0.1, -0.05) is 71.7 Å². The molecule has 0 radical (unpaired) electrons. The number of fused-ring (bicyclic) bond motifs is 2. The van der Waals surface area contributed by atoms with Crippen LogP contribution < -0.4 is 8.84 Å². The first kappa shape index (κ1) is 22.8. The lowest BCUT2D eigenvalue weighted by Crippen LogP contribution is -2.24. The highest BCUT2D eigenvalue weighted by atomic mass is 35.5. The Morgan fingerprint density at radius 1 is 0.500 bits per heavy atom. The quantitative estimate of drug-likeness (QED) is 0.220. The van der Waals surface area contributed by atoms with E-state index in [0.29, 0.717) is 38.2 Å². The first-order valence-corrected chi connectivity index (χ1v) is 11.6. The molecular weight excluding hydrogens is 514 g/mol. The summed E-state index contributed by atoms with van der Waals surface area (Å²) in [6.07, 6.45) is 0. The van der Waals surface area contributed by atoms with Crippen molar-refractivity contribution in [3.8, 4) is 0 Å². The Morgan fingerprint density at radius 2 is 1.00 bits per heavy atom. The average molecular weight is 528 g/mol. The summed E-state index contributed by atoms with van der Waals surface area (Å²) in [7, 11) is 0. The third kappa shape index (κ3) is 3.64. The van der Waals surface area contributed by atoms with Crippen LogP contribution in [0.25, 0.3) is 0 Å². The average Bonchev–Trinajstić information content (AvgIpc) is 2.86. The molecule has 4 nitrogen and oxygen atoms in total. The number of rotatable bonds is 4. The van der Waals surface area contributed by atoms with Crippen molar-refractivity contribution in [2.75, 3.05) is 8.84 Å². The molecule has 168 valence electrons. The largest absolute Gasteiger partial charge is 0.289 e. The summed E-state index contributed by atoms with van der Waals surface area (Å²) < 4.78 is 2.56. The van der Waals surface area contributed by atoms with Gasteiger partial charge in [0, 0.05) is 40.2 Å². The van der Waals surface area contributed by atoms with Gasteiger partial charge in [0.1, 0.15) is 0 Å². The molecule has 0 heterocycles. The van der Waals surface area contributed by atoms with Gasteiger partial charge in [-0.3, -0.25) is 9.59 Å². The van der Waals surface area contributed by atoms with Crippen molar-refractivity contribution in [3.05, 3.63) is 117 Å². The Labute approximate surface area is 216 Å². The van der Waals surface area contributed by atoms with E-state index >= 15 is 0 Å². The minimum absolute atomic E-state index is 0.133. The summed E-state index contributed by atoms with van der Waals surface area (Å²) in [5.74, 6) is -0.620. The molecule has 0 bridgehead atoms. The van der Waals surface area contributed by atoms with Gasteiger partial charge in [0.2, 0.25) is 0 Å². The zero-order valence-electron chi connectivity index (χ0n) is 17.3. The van der Waals surface area contributed by atoms with Crippen molar-refractivity contribution in [2.45, 2.75) is 0 Å². The van der Waals surface area contributed by atoms with Gasteiger partial charge in [-0.2, -0.15) is 0 Å². The van der Waals surface area contributed by atoms with Crippen molar-refractivity contribution in [1.82, 2.24) is 0 Å². The van der Waals surface area contributed by atoms with E-state index in [1.165, 1.54) is 8.84 Å². The van der Waals surface area contributed by atoms with Crippen LogP contribution in [0, 0.1) is 0 Å². The first-order chi connectivity index (χ1) is 16.4. The maximum Gasteiger partial charge on any atom is 0.196 e. The molecule has 4 aromatic rings. The molecule has 34 heavy (non-hydrogen) atoms. The van der Waals surface area contributed by atoms with E-state index in [9.17, 15) is 9.59 Å². The number of benzene rings is 4. The lowest BCUT2D eigenvalue weighted by atomic mass is 9.82. The fraction of sp³-hybridized carbons (Fsp3) is 0. The zero-order valence-corrected chi connectivity index (χ0v) is 20.3. The number of carbonyl (C=O) groups is 2. The second-order valence-corrected chi connectivity index (χ2v) is 9.01. The van der Waals surface area contributed by atoms with E-state index < -0.39 is 0 Å². The number of hydrogen-bond donors (Lipinski definition) is 0. The van der Waals surface area contributed by atoms with E-state index in [0.717, 1.165) is 0 Å². The smallest absolute Gasteiger partial charge is 0.196 e. The molecule has 8 heteroatoms. The molecule has 1 aliphatic carbocycles. The van der Waals surface area contributed by atoms with Gasteiger partial charge in [0.05, 0.1) is 38.4 Å². The van der Waals surface area contributed by atoms with Crippen molar-refractivity contribution in [2.24, 2.45) is 0 Å². The fourth-order valence-electron chi connectivity index (χ4n) is 3.99. The normalized spacial score (nSPS) is 12.2. The fourth-order valence-corrected chi connectivity index (χ4v) is 5.12. The molecule has 5 rings (SSSR count). The molecule has 0 atom stereocenters. The number of halogens is 4. The molecule has 0 N–H and O–H groups in total. The van der Waals surface area contributed by atoms with Crippen LogP contribution in [0.5, 0.6) is 0 Å². The molecule has 0 amide bonds. The molecule has 0 unspecified atom stereocenters. The van der Waals surface area contributed by atoms with Gasteiger partial charge >= 0.3 is 0 Å². The molecule has 0 fully saturated rings. The predicted octanol–water partition coefficient (Wildman–Crippen LogP) is 8.35. The van der Waals surface area contributed by atoms with E-state index in [1.807, 2.05) is 0 Å². The van der Waals surface area contributed by atoms with Gasteiger partial charge in [-0.05, 0) is 36.4 Å². The standard InChI is InChI=1S/C26H14Cl4N2O2/c27-18-9-3-5-11-20(18)31(29)22-14-13-17-23(24(22)32(30)21-12-6-4-10-19(21)28)26(34)16-8-2-1-7-15(16)25(17)33/h1-14H. The van der Waals surface area contributed by atoms with E-state index in [-0.39, 0.29) is 28.4 Å². The van der Waals surface area contributed by atoms with Crippen molar-refractivity contribution < 1.29 is 9.59 Å². The second kappa shape index (κ2) is 8.97. The number of hydrogen-bond acceptors (Lipinski definition) is 4. The Morgan fingerprint density at radius 3 is 1.59 bits per heavy atom. The molecular formula is C26H14Cl4N2O2. The van der Waals surface area contributed by atoms with Crippen LogP contribution in [0.1, 0.15) is 31.8 Å². The molecule has 0 saturated carbocycles. The van der Waals surface area contributed by atoms with Crippen LogP contribution in [-0.2, 0) is 0 Å². The predicted molar refractivity (Wildman–Crippen MR) is 139 cm³/mol. The van der Waals surface area contributed by atoms with Crippen LogP contribution in [0.2, 0.25) is 10.0 Å². The summed E-state index contributed by atoms with van der Waals surface area (Å²) in [5, 5.41) is 0.752. The monoisotopic (exact) mass is 526 g/mol. The van der Waals surface area contributed by atoms with Crippen LogP contribution in [0.15, 0.2) is 84.9 Å².